The third-order valence-electron chi connectivity index (χ3n) is 5.87. The van der Waals surface area contributed by atoms with Crippen LogP contribution in [0.3, 0.4) is 0 Å². The van der Waals surface area contributed by atoms with Crippen molar-refractivity contribution in [2.45, 2.75) is 23.1 Å². The van der Waals surface area contributed by atoms with Gasteiger partial charge in [0.2, 0.25) is 0 Å². The molecule has 1 aliphatic heterocycles. The second-order valence-corrected chi connectivity index (χ2v) is 12.6. The molecule has 4 rings (SSSR count). The predicted molar refractivity (Wildman–Crippen MR) is 135 cm³/mol. The van der Waals surface area contributed by atoms with Crippen LogP contribution in [0.1, 0.15) is 22.8 Å². The van der Waals surface area contributed by atoms with Gasteiger partial charge in [0.1, 0.15) is 4.21 Å². The van der Waals surface area contributed by atoms with E-state index in [1.165, 1.54) is 22.5 Å². The van der Waals surface area contributed by atoms with Crippen LogP contribution >= 0.6 is 34.5 Å². The van der Waals surface area contributed by atoms with E-state index >= 15 is 0 Å². The number of alkyl halides is 3. The number of thiophene rings is 1. The Hall–Kier alpha value is -1.66. The fourth-order valence-electron chi connectivity index (χ4n) is 3.87. The van der Waals surface area contributed by atoms with Gasteiger partial charge in [-0.25, -0.2) is 8.42 Å². The van der Waals surface area contributed by atoms with E-state index in [9.17, 15) is 21.6 Å². The second-order valence-electron chi connectivity index (χ2n) is 8.31. The van der Waals surface area contributed by atoms with Gasteiger partial charge in [-0.05, 0) is 47.5 Å². The first-order chi connectivity index (χ1) is 17.0. The summed E-state index contributed by atoms with van der Waals surface area (Å²) in [5, 5.41) is 0.577. The highest BCUT2D eigenvalue weighted by Gasteiger charge is 2.31. The lowest BCUT2D eigenvalue weighted by atomic mass is 10.1. The van der Waals surface area contributed by atoms with E-state index in [2.05, 4.69) is 4.90 Å². The number of rotatable bonds is 8. The van der Waals surface area contributed by atoms with Gasteiger partial charge in [-0.1, -0.05) is 47.5 Å². The van der Waals surface area contributed by atoms with Gasteiger partial charge in [-0.15, -0.1) is 11.3 Å². The molecule has 1 unspecified atom stereocenters. The number of benzene rings is 2. The summed E-state index contributed by atoms with van der Waals surface area (Å²) in [5.41, 5.74) is 0.778. The van der Waals surface area contributed by atoms with E-state index in [1.807, 2.05) is 12.1 Å². The Morgan fingerprint density at radius 2 is 1.56 bits per heavy atom. The molecular weight excluding hydrogens is 556 g/mol. The molecular formula is C24H23Cl2F3N2O3S2. The molecule has 3 aromatic rings. The first-order valence-corrected chi connectivity index (χ1v) is 14.0. The molecule has 1 aromatic heterocycles. The van der Waals surface area contributed by atoms with Gasteiger partial charge in [0.15, 0.2) is 0 Å². The van der Waals surface area contributed by atoms with Crippen LogP contribution in [0.15, 0.2) is 64.9 Å². The molecule has 0 bridgehead atoms. The molecule has 0 saturated carbocycles. The summed E-state index contributed by atoms with van der Waals surface area (Å²) >= 11 is 13.0. The van der Waals surface area contributed by atoms with E-state index in [-0.39, 0.29) is 16.9 Å². The molecule has 0 radical (unpaired) electrons. The number of piperazine rings is 1. The molecule has 2 aromatic carbocycles. The van der Waals surface area contributed by atoms with Crippen molar-refractivity contribution < 1.29 is 26.3 Å². The monoisotopic (exact) mass is 578 g/mol. The van der Waals surface area contributed by atoms with Crippen LogP contribution in [0.4, 0.5) is 13.2 Å². The Morgan fingerprint density at radius 3 is 2.11 bits per heavy atom. The summed E-state index contributed by atoms with van der Waals surface area (Å²) in [4.78, 5) is 2.11. The zero-order valence-electron chi connectivity index (χ0n) is 18.9. The zero-order chi connectivity index (χ0) is 25.9. The van der Waals surface area contributed by atoms with Crippen LogP contribution in [0.25, 0.3) is 0 Å². The molecule has 5 nitrogen and oxygen atoms in total. The van der Waals surface area contributed by atoms with Gasteiger partial charge in [0.25, 0.3) is 10.0 Å². The van der Waals surface area contributed by atoms with Gasteiger partial charge in [-0.2, -0.15) is 17.5 Å². The molecule has 0 N–H and O–H groups in total. The Labute approximate surface area is 222 Å². The molecule has 0 aliphatic carbocycles. The molecule has 0 amide bonds. The van der Waals surface area contributed by atoms with Gasteiger partial charge in [-0.3, -0.25) is 4.90 Å². The van der Waals surface area contributed by atoms with E-state index in [1.54, 1.807) is 18.2 Å². The summed E-state index contributed by atoms with van der Waals surface area (Å²) in [6, 6.07) is 15.2. The molecule has 1 saturated heterocycles. The number of hydrogen-bond donors (Lipinski definition) is 0. The number of nitrogens with zero attached hydrogens (tertiary/aromatic N) is 2. The van der Waals surface area contributed by atoms with Crippen LogP contribution in [0.5, 0.6) is 0 Å². The third kappa shape index (κ3) is 6.80. The van der Waals surface area contributed by atoms with Crippen molar-refractivity contribution in [1.82, 2.24) is 9.21 Å². The highest BCUT2D eigenvalue weighted by molar-refractivity contribution is 7.91. The fraction of sp³-hybridized carbons (Fsp3) is 0.333. The Balaban J connectivity index is 1.41. The molecule has 1 fully saturated rings. The number of halogens is 5. The second kappa shape index (κ2) is 11.4. The van der Waals surface area contributed by atoms with E-state index in [0.29, 0.717) is 47.6 Å². The minimum atomic E-state index is -4.39. The predicted octanol–water partition coefficient (Wildman–Crippen LogP) is 6.34. The molecule has 1 atom stereocenters. The molecule has 2 heterocycles. The van der Waals surface area contributed by atoms with Crippen LogP contribution in [0, 0.1) is 0 Å². The van der Waals surface area contributed by atoms with Crippen molar-refractivity contribution in [2.75, 3.05) is 32.7 Å². The van der Waals surface area contributed by atoms with Crippen molar-refractivity contribution in [2.24, 2.45) is 0 Å². The standard InChI is InChI=1S/C24H23Cl2F3N2O3S2/c25-20-7-3-18(4-8-20)21(34-16-17-1-5-19(6-2-17)24(27,28)29)15-30-11-13-31(14-12-30)36(32,33)23-10-9-22(26)35-23/h1-10,21H,11-16H2. The van der Waals surface area contributed by atoms with Crippen molar-refractivity contribution in [3.8, 4) is 0 Å². The van der Waals surface area contributed by atoms with Crippen LogP contribution in [-0.2, 0) is 27.5 Å². The minimum absolute atomic E-state index is 0.124. The van der Waals surface area contributed by atoms with Crippen LogP contribution in [0.2, 0.25) is 9.36 Å². The normalized spacial score (nSPS) is 16.8. The maximum Gasteiger partial charge on any atom is 0.416 e. The van der Waals surface area contributed by atoms with Crippen molar-refractivity contribution in [3.63, 3.8) is 0 Å². The average Bonchev–Trinajstić information content (AvgIpc) is 3.29. The summed E-state index contributed by atoms with van der Waals surface area (Å²) in [5.74, 6) is 0. The number of hydrogen-bond acceptors (Lipinski definition) is 5. The average molecular weight is 579 g/mol. The molecule has 194 valence electrons. The van der Waals surface area contributed by atoms with Crippen LogP contribution in [-0.4, -0.2) is 50.3 Å². The number of sulfonamides is 1. The van der Waals surface area contributed by atoms with Crippen molar-refractivity contribution >= 4 is 44.6 Å². The first-order valence-electron chi connectivity index (χ1n) is 11.0. The highest BCUT2D eigenvalue weighted by atomic mass is 35.5. The fourth-order valence-corrected chi connectivity index (χ4v) is 7.05. The van der Waals surface area contributed by atoms with Gasteiger partial charge >= 0.3 is 6.18 Å². The van der Waals surface area contributed by atoms with E-state index in [0.717, 1.165) is 29.0 Å². The van der Waals surface area contributed by atoms with E-state index < -0.39 is 21.8 Å². The summed E-state index contributed by atoms with van der Waals surface area (Å²) in [6.45, 7) is 2.27. The Morgan fingerprint density at radius 1 is 0.917 bits per heavy atom. The van der Waals surface area contributed by atoms with E-state index in [4.69, 9.17) is 27.9 Å². The molecule has 12 heteroatoms. The van der Waals surface area contributed by atoms with Gasteiger partial charge in [0, 0.05) is 37.7 Å². The van der Waals surface area contributed by atoms with Crippen molar-refractivity contribution in [3.05, 3.63) is 86.7 Å². The third-order valence-corrected chi connectivity index (χ3v) is 9.72. The maximum absolute atomic E-state index is 12.9. The lowest BCUT2D eigenvalue weighted by Gasteiger charge is -2.35. The number of ether oxygens (including phenoxy) is 1. The van der Waals surface area contributed by atoms with Gasteiger partial charge in [0.05, 0.1) is 22.6 Å². The topological polar surface area (TPSA) is 49.9 Å². The molecule has 36 heavy (non-hydrogen) atoms. The molecule has 1 aliphatic rings. The lowest BCUT2D eigenvalue weighted by Crippen LogP contribution is -2.49. The quantitative estimate of drug-likeness (QED) is 0.313. The maximum atomic E-state index is 12.9. The summed E-state index contributed by atoms with van der Waals surface area (Å²) < 4.78 is 72.5. The van der Waals surface area contributed by atoms with Crippen LogP contribution < -0.4 is 0 Å². The minimum Gasteiger partial charge on any atom is -0.368 e. The van der Waals surface area contributed by atoms with Gasteiger partial charge < -0.3 is 4.74 Å². The van der Waals surface area contributed by atoms with Crippen molar-refractivity contribution in [1.29, 1.82) is 0 Å². The SMILES string of the molecule is O=S(=O)(c1ccc(Cl)s1)N1CCN(CC(OCc2ccc(C(F)(F)F)cc2)c2ccc(Cl)cc2)CC1. The smallest absolute Gasteiger partial charge is 0.368 e. The lowest BCUT2D eigenvalue weighted by molar-refractivity contribution is -0.137. The highest BCUT2D eigenvalue weighted by Crippen LogP contribution is 2.31. The zero-order valence-corrected chi connectivity index (χ0v) is 22.1. The molecule has 0 spiro atoms. The largest absolute Gasteiger partial charge is 0.416 e. The first kappa shape index (κ1) is 27.4. The Bertz CT molecular complexity index is 1260. The summed E-state index contributed by atoms with van der Waals surface area (Å²) in [6.07, 6.45) is -4.78. The Kier molecular flexibility index (Phi) is 8.66. The summed E-state index contributed by atoms with van der Waals surface area (Å²) in [7, 11) is -3.60.